The van der Waals surface area contributed by atoms with Crippen LogP contribution in [0.2, 0.25) is 0 Å². The molecule has 1 fully saturated rings. The van der Waals surface area contributed by atoms with Crippen LogP contribution in [0.3, 0.4) is 0 Å². The lowest BCUT2D eigenvalue weighted by Crippen LogP contribution is -2.51. The third-order valence-electron chi connectivity index (χ3n) is 5.28. The number of hydrogen-bond acceptors (Lipinski definition) is 3. The first kappa shape index (κ1) is 17.7. The number of hydrogen-bond donors (Lipinski definition) is 1. The predicted octanol–water partition coefficient (Wildman–Crippen LogP) is 2.31. The minimum atomic E-state index is -0.860. The fraction of sp³-hybridized carbons (Fsp3) is 0.500. The van der Waals surface area contributed by atoms with E-state index in [2.05, 4.69) is 36.1 Å². The number of rotatable bonds is 4. The van der Waals surface area contributed by atoms with Crippen LogP contribution in [0.5, 0.6) is 0 Å². The summed E-state index contributed by atoms with van der Waals surface area (Å²) in [5.74, 6) is -1.85. The van der Waals surface area contributed by atoms with E-state index in [-0.39, 0.29) is 5.91 Å². The average molecular weight is 342 g/mol. The molecule has 1 N–H and O–H groups in total. The Morgan fingerprint density at radius 1 is 1.00 bits per heavy atom. The molecule has 1 amide bonds. The quantitative estimate of drug-likeness (QED) is 0.853. The summed E-state index contributed by atoms with van der Waals surface area (Å²) in [6.45, 7) is 6.00. The van der Waals surface area contributed by atoms with Crippen LogP contribution in [0.25, 0.3) is 0 Å². The Morgan fingerprint density at radius 2 is 1.60 bits per heavy atom. The number of allylic oxidation sites excluding steroid dienone is 2. The maximum Gasteiger partial charge on any atom is 0.307 e. The summed E-state index contributed by atoms with van der Waals surface area (Å²) < 4.78 is 0. The maximum absolute atomic E-state index is 12.8. The lowest BCUT2D eigenvalue weighted by molar-refractivity contribution is -0.151. The minimum absolute atomic E-state index is 0.00624. The molecule has 25 heavy (non-hydrogen) atoms. The standard InChI is InChI=1S/C20H26N2O3/c1-15-6-8-16(9-7-15)14-21-10-12-22(13-11-21)19(23)17-4-2-3-5-18(17)20(24)25/h2-3,6-9,17-18H,4-5,10-14H2,1H3,(H,24,25)/t17-,18-/m1/s1. The number of aliphatic carboxylic acids is 1. The smallest absolute Gasteiger partial charge is 0.307 e. The lowest BCUT2D eigenvalue weighted by Gasteiger charge is -2.37. The molecule has 0 bridgehead atoms. The number of piperazine rings is 1. The second-order valence-corrected chi connectivity index (χ2v) is 7.08. The molecule has 1 heterocycles. The van der Waals surface area contributed by atoms with Crippen molar-refractivity contribution in [2.45, 2.75) is 26.3 Å². The largest absolute Gasteiger partial charge is 0.481 e. The van der Waals surface area contributed by atoms with Gasteiger partial charge in [0.2, 0.25) is 5.91 Å². The first-order valence-electron chi connectivity index (χ1n) is 8.99. The molecule has 0 spiro atoms. The Balaban J connectivity index is 1.54. The number of amides is 1. The average Bonchev–Trinajstić information content (AvgIpc) is 2.63. The summed E-state index contributed by atoms with van der Waals surface area (Å²) in [4.78, 5) is 28.4. The molecular weight excluding hydrogens is 316 g/mol. The van der Waals surface area contributed by atoms with Crippen molar-refractivity contribution >= 4 is 11.9 Å². The zero-order valence-corrected chi connectivity index (χ0v) is 14.7. The van der Waals surface area contributed by atoms with Gasteiger partial charge in [0.15, 0.2) is 0 Å². The zero-order valence-electron chi connectivity index (χ0n) is 14.7. The van der Waals surface area contributed by atoms with Crippen LogP contribution < -0.4 is 0 Å². The Morgan fingerprint density at radius 3 is 2.20 bits per heavy atom. The van der Waals surface area contributed by atoms with E-state index in [1.165, 1.54) is 11.1 Å². The Bertz CT molecular complexity index is 645. The fourth-order valence-corrected chi connectivity index (χ4v) is 3.67. The third-order valence-corrected chi connectivity index (χ3v) is 5.28. The highest BCUT2D eigenvalue weighted by Crippen LogP contribution is 2.28. The second-order valence-electron chi connectivity index (χ2n) is 7.08. The molecule has 1 aliphatic heterocycles. The molecule has 2 aliphatic rings. The molecule has 134 valence electrons. The van der Waals surface area contributed by atoms with Gasteiger partial charge in [0.25, 0.3) is 0 Å². The zero-order chi connectivity index (χ0) is 17.8. The molecular formula is C20H26N2O3. The van der Waals surface area contributed by atoms with Crippen molar-refractivity contribution in [2.75, 3.05) is 26.2 Å². The predicted molar refractivity (Wildman–Crippen MR) is 96.0 cm³/mol. The number of nitrogens with zero attached hydrogens (tertiary/aromatic N) is 2. The van der Waals surface area contributed by atoms with Gasteiger partial charge < -0.3 is 10.0 Å². The van der Waals surface area contributed by atoms with Gasteiger partial charge in [-0.3, -0.25) is 14.5 Å². The number of carbonyl (C=O) groups is 2. The SMILES string of the molecule is Cc1ccc(CN2CCN(C(=O)[C@@H]3CC=CC[C@H]3C(=O)O)CC2)cc1. The van der Waals surface area contributed by atoms with Crippen LogP contribution in [-0.4, -0.2) is 53.0 Å². The minimum Gasteiger partial charge on any atom is -0.481 e. The Kier molecular flexibility index (Phi) is 5.53. The van der Waals surface area contributed by atoms with Crippen LogP contribution in [0.4, 0.5) is 0 Å². The van der Waals surface area contributed by atoms with Gasteiger partial charge in [0, 0.05) is 32.7 Å². The maximum atomic E-state index is 12.8. The van der Waals surface area contributed by atoms with Crippen molar-refractivity contribution in [1.82, 2.24) is 9.80 Å². The summed E-state index contributed by atoms with van der Waals surface area (Å²) in [5, 5.41) is 9.37. The number of carbonyl (C=O) groups excluding carboxylic acids is 1. The highest BCUT2D eigenvalue weighted by molar-refractivity contribution is 5.85. The highest BCUT2D eigenvalue weighted by atomic mass is 16.4. The molecule has 5 heteroatoms. The fourth-order valence-electron chi connectivity index (χ4n) is 3.67. The number of carboxylic acid groups (broad SMARTS) is 1. The van der Waals surface area contributed by atoms with Gasteiger partial charge in [-0.15, -0.1) is 0 Å². The molecule has 0 aromatic heterocycles. The van der Waals surface area contributed by atoms with Crippen LogP contribution in [0, 0.1) is 18.8 Å². The van der Waals surface area contributed by atoms with E-state index in [0.717, 1.165) is 19.6 Å². The van der Waals surface area contributed by atoms with E-state index in [1.807, 2.05) is 17.1 Å². The van der Waals surface area contributed by atoms with E-state index in [1.54, 1.807) is 0 Å². The molecule has 1 aliphatic carbocycles. The number of benzene rings is 1. The van der Waals surface area contributed by atoms with Crippen LogP contribution in [0.15, 0.2) is 36.4 Å². The summed E-state index contributed by atoms with van der Waals surface area (Å²) in [7, 11) is 0. The molecule has 0 saturated carbocycles. The van der Waals surface area contributed by atoms with Crippen LogP contribution in [-0.2, 0) is 16.1 Å². The molecule has 1 saturated heterocycles. The first-order valence-corrected chi connectivity index (χ1v) is 8.99. The molecule has 5 nitrogen and oxygen atoms in total. The normalized spacial score (nSPS) is 24.3. The first-order chi connectivity index (χ1) is 12.0. The van der Waals surface area contributed by atoms with Crippen molar-refractivity contribution in [3.63, 3.8) is 0 Å². The third kappa shape index (κ3) is 4.28. The monoisotopic (exact) mass is 342 g/mol. The van der Waals surface area contributed by atoms with Gasteiger partial charge in [-0.25, -0.2) is 0 Å². The molecule has 1 aromatic rings. The molecule has 3 rings (SSSR count). The van der Waals surface area contributed by atoms with E-state index >= 15 is 0 Å². The van der Waals surface area contributed by atoms with E-state index < -0.39 is 17.8 Å². The summed E-state index contributed by atoms with van der Waals surface area (Å²) in [6.07, 6.45) is 4.82. The molecule has 1 aromatic carbocycles. The van der Waals surface area contributed by atoms with E-state index in [9.17, 15) is 14.7 Å². The summed E-state index contributed by atoms with van der Waals surface area (Å²) in [6, 6.07) is 8.55. The Hall–Kier alpha value is -2.14. The number of carboxylic acids is 1. The summed E-state index contributed by atoms with van der Waals surface area (Å²) >= 11 is 0. The van der Waals surface area contributed by atoms with Gasteiger partial charge >= 0.3 is 5.97 Å². The van der Waals surface area contributed by atoms with Crippen molar-refractivity contribution in [3.05, 3.63) is 47.5 Å². The topological polar surface area (TPSA) is 60.9 Å². The van der Waals surface area contributed by atoms with Crippen LogP contribution >= 0.6 is 0 Å². The second kappa shape index (κ2) is 7.83. The molecule has 2 atom stereocenters. The molecule has 0 unspecified atom stereocenters. The van der Waals surface area contributed by atoms with E-state index in [4.69, 9.17) is 0 Å². The molecule has 0 radical (unpaired) electrons. The van der Waals surface area contributed by atoms with Gasteiger partial charge in [-0.05, 0) is 25.3 Å². The van der Waals surface area contributed by atoms with Crippen LogP contribution in [0.1, 0.15) is 24.0 Å². The lowest BCUT2D eigenvalue weighted by atomic mass is 9.82. The summed E-state index contributed by atoms with van der Waals surface area (Å²) in [5.41, 5.74) is 2.54. The van der Waals surface area contributed by atoms with Crippen molar-refractivity contribution < 1.29 is 14.7 Å². The highest BCUT2D eigenvalue weighted by Gasteiger charge is 2.37. The van der Waals surface area contributed by atoms with Crippen molar-refractivity contribution in [2.24, 2.45) is 11.8 Å². The van der Waals surface area contributed by atoms with Gasteiger partial charge in [-0.1, -0.05) is 42.0 Å². The Labute approximate surface area is 148 Å². The van der Waals surface area contributed by atoms with Gasteiger partial charge in [0.05, 0.1) is 11.8 Å². The van der Waals surface area contributed by atoms with Crippen molar-refractivity contribution in [1.29, 1.82) is 0 Å². The van der Waals surface area contributed by atoms with Gasteiger partial charge in [0.1, 0.15) is 0 Å². The number of aryl methyl sites for hydroxylation is 1. The van der Waals surface area contributed by atoms with Crippen molar-refractivity contribution in [3.8, 4) is 0 Å². The van der Waals surface area contributed by atoms with E-state index in [0.29, 0.717) is 25.9 Å². The van der Waals surface area contributed by atoms with Gasteiger partial charge in [-0.2, -0.15) is 0 Å².